The summed E-state index contributed by atoms with van der Waals surface area (Å²) in [6.45, 7) is 5.59. The van der Waals surface area contributed by atoms with Crippen LogP contribution in [0.25, 0.3) is 0 Å². The molecule has 1 unspecified atom stereocenters. The van der Waals surface area contributed by atoms with Gasteiger partial charge in [-0.05, 0) is 32.0 Å². The van der Waals surface area contributed by atoms with Gasteiger partial charge in [0.05, 0.1) is 11.9 Å². The van der Waals surface area contributed by atoms with Crippen molar-refractivity contribution in [1.29, 1.82) is 0 Å². The maximum atomic E-state index is 11.7. The maximum Gasteiger partial charge on any atom is 0.262 e. The molecule has 5 nitrogen and oxygen atoms in total. The predicted molar refractivity (Wildman–Crippen MR) is 75.0 cm³/mol. The third-order valence-corrected chi connectivity index (χ3v) is 2.63. The fourth-order valence-corrected chi connectivity index (χ4v) is 1.60. The number of carbonyl (C=O) groups excluding carboxylic acids is 1. The van der Waals surface area contributed by atoms with Gasteiger partial charge in [0.1, 0.15) is 5.75 Å². The van der Waals surface area contributed by atoms with E-state index in [0.29, 0.717) is 5.75 Å². The van der Waals surface area contributed by atoms with Crippen molar-refractivity contribution in [3.8, 4) is 5.75 Å². The van der Waals surface area contributed by atoms with Crippen molar-refractivity contribution in [2.75, 3.05) is 20.6 Å². The molecular formula is C14H23N3O2. The molecule has 0 saturated carbocycles. The van der Waals surface area contributed by atoms with Crippen LogP contribution in [0.2, 0.25) is 0 Å². The number of amides is 1. The molecule has 0 aliphatic rings. The summed E-state index contributed by atoms with van der Waals surface area (Å²) in [5, 5.41) is 3.28. The highest BCUT2D eigenvalue weighted by atomic mass is 16.5. The average molecular weight is 265 g/mol. The molecule has 1 amide bonds. The molecule has 106 valence electrons. The quantitative estimate of drug-likeness (QED) is 0.758. The van der Waals surface area contributed by atoms with Crippen LogP contribution in [0.3, 0.4) is 0 Å². The minimum atomic E-state index is -0.499. The summed E-state index contributed by atoms with van der Waals surface area (Å²) in [5.41, 5.74) is 0.965. The highest BCUT2D eigenvalue weighted by Crippen LogP contribution is 2.12. The lowest BCUT2D eigenvalue weighted by Gasteiger charge is -2.18. The van der Waals surface area contributed by atoms with Crippen molar-refractivity contribution >= 4 is 5.91 Å². The normalized spacial score (nSPS) is 12.0. The van der Waals surface area contributed by atoms with Gasteiger partial charge in [-0.3, -0.25) is 9.78 Å². The maximum absolute atomic E-state index is 11.7. The molecule has 0 aromatic carbocycles. The second-order valence-corrected chi connectivity index (χ2v) is 4.65. The fraction of sp³-hybridized carbons (Fsp3) is 0.571. The van der Waals surface area contributed by atoms with Crippen LogP contribution in [0, 0.1) is 0 Å². The SMILES string of the molecule is CCCNCc1ccc(OC(C)C(=O)N(C)C)cn1. The molecule has 1 aromatic heterocycles. The fourth-order valence-electron chi connectivity index (χ4n) is 1.60. The molecule has 1 rings (SSSR count). The zero-order valence-electron chi connectivity index (χ0n) is 12.1. The number of nitrogens with one attached hydrogen (secondary N) is 1. The zero-order chi connectivity index (χ0) is 14.3. The summed E-state index contributed by atoms with van der Waals surface area (Å²) in [5.74, 6) is 0.552. The Balaban J connectivity index is 2.50. The smallest absolute Gasteiger partial charge is 0.262 e. The first-order chi connectivity index (χ1) is 9.04. The Labute approximate surface area is 115 Å². The van der Waals surface area contributed by atoms with E-state index in [9.17, 15) is 4.79 Å². The lowest BCUT2D eigenvalue weighted by Crippen LogP contribution is -2.35. The van der Waals surface area contributed by atoms with E-state index < -0.39 is 6.10 Å². The number of rotatable bonds is 7. The number of hydrogen-bond donors (Lipinski definition) is 1. The minimum Gasteiger partial charge on any atom is -0.479 e. The largest absolute Gasteiger partial charge is 0.479 e. The van der Waals surface area contributed by atoms with E-state index in [-0.39, 0.29) is 5.91 Å². The number of likely N-dealkylation sites (N-methyl/N-ethyl adjacent to an activating group) is 1. The summed E-state index contributed by atoms with van der Waals surface area (Å²) in [6.07, 6.45) is 2.26. The van der Waals surface area contributed by atoms with Gasteiger partial charge in [0.15, 0.2) is 6.10 Å². The van der Waals surface area contributed by atoms with Crippen LogP contribution >= 0.6 is 0 Å². The predicted octanol–water partition coefficient (Wildman–Crippen LogP) is 1.44. The molecule has 0 bridgehead atoms. The molecule has 1 atom stereocenters. The van der Waals surface area contributed by atoms with Gasteiger partial charge in [-0.2, -0.15) is 0 Å². The molecule has 0 radical (unpaired) electrons. The Morgan fingerprint density at radius 1 is 1.47 bits per heavy atom. The Morgan fingerprint density at radius 3 is 2.74 bits per heavy atom. The molecule has 1 aromatic rings. The molecule has 1 N–H and O–H groups in total. The van der Waals surface area contributed by atoms with Gasteiger partial charge >= 0.3 is 0 Å². The number of hydrogen-bond acceptors (Lipinski definition) is 4. The van der Waals surface area contributed by atoms with Gasteiger partial charge in [0.2, 0.25) is 0 Å². The van der Waals surface area contributed by atoms with E-state index in [4.69, 9.17) is 4.74 Å². The number of ether oxygens (including phenoxy) is 1. The van der Waals surface area contributed by atoms with E-state index >= 15 is 0 Å². The number of pyridine rings is 1. The van der Waals surface area contributed by atoms with E-state index in [0.717, 1.165) is 25.2 Å². The summed E-state index contributed by atoms with van der Waals surface area (Å²) in [6, 6.07) is 3.75. The van der Waals surface area contributed by atoms with Crippen molar-refractivity contribution < 1.29 is 9.53 Å². The monoisotopic (exact) mass is 265 g/mol. The summed E-state index contributed by atoms with van der Waals surface area (Å²) in [7, 11) is 3.42. The van der Waals surface area contributed by atoms with Crippen LogP contribution in [-0.2, 0) is 11.3 Å². The lowest BCUT2D eigenvalue weighted by molar-refractivity contribution is -0.135. The lowest BCUT2D eigenvalue weighted by atomic mass is 10.3. The van der Waals surface area contributed by atoms with E-state index in [2.05, 4.69) is 17.2 Å². The summed E-state index contributed by atoms with van der Waals surface area (Å²) < 4.78 is 5.54. The molecule has 1 heterocycles. The second kappa shape index (κ2) is 7.74. The molecule has 0 aliphatic carbocycles. The van der Waals surface area contributed by atoms with Gasteiger partial charge in [0, 0.05) is 20.6 Å². The Morgan fingerprint density at radius 2 is 2.21 bits per heavy atom. The van der Waals surface area contributed by atoms with E-state index in [1.807, 2.05) is 12.1 Å². The van der Waals surface area contributed by atoms with Crippen molar-refractivity contribution in [1.82, 2.24) is 15.2 Å². The van der Waals surface area contributed by atoms with Gasteiger partial charge in [-0.1, -0.05) is 6.92 Å². The topological polar surface area (TPSA) is 54.5 Å². The van der Waals surface area contributed by atoms with Crippen LogP contribution in [-0.4, -0.2) is 42.5 Å². The van der Waals surface area contributed by atoms with Gasteiger partial charge < -0.3 is 15.0 Å². The first-order valence-electron chi connectivity index (χ1n) is 6.58. The zero-order valence-corrected chi connectivity index (χ0v) is 12.1. The molecule has 0 aliphatic heterocycles. The molecular weight excluding hydrogens is 242 g/mol. The highest BCUT2D eigenvalue weighted by Gasteiger charge is 2.16. The van der Waals surface area contributed by atoms with Crippen LogP contribution in [0.1, 0.15) is 26.0 Å². The van der Waals surface area contributed by atoms with Crippen LogP contribution in [0.5, 0.6) is 5.75 Å². The third kappa shape index (κ3) is 5.26. The number of aromatic nitrogens is 1. The van der Waals surface area contributed by atoms with Crippen LogP contribution in [0.4, 0.5) is 0 Å². The first-order valence-corrected chi connectivity index (χ1v) is 6.58. The molecule has 5 heteroatoms. The van der Waals surface area contributed by atoms with Crippen LogP contribution < -0.4 is 10.1 Å². The van der Waals surface area contributed by atoms with Crippen molar-refractivity contribution in [2.45, 2.75) is 32.9 Å². The Hall–Kier alpha value is -1.62. The summed E-state index contributed by atoms with van der Waals surface area (Å²) >= 11 is 0. The van der Waals surface area contributed by atoms with E-state index in [1.165, 1.54) is 4.90 Å². The highest BCUT2D eigenvalue weighted by molar-refractivity contribution is 5.80. The second-order valence-electron chi connectivity index (χ2n) is 4.65. The third-order valence-electron chi connectivity index (χ3n) is 2.63. The molecule has 0 saturated heterocycles. The number of carbonyl (C=O) groups is 1. The molecule has 19 heavy (non-hydrogen) atoms. The van der Waals surface area contributed by atoms with Gasteiger partial charge in [0.25, 0.3) is 5.91 Å². The first kappa shape index (κ1) is 15.4. The Bertz CT molecular complexity index is 390. The number of nitrogens with zero attached hydrogens (tertiary/aromatic N) is 2. The molecule has 0 spiro atoms. The van der Waals surface area contributed by atoms with Crippen LogP contribution in [0.15, 0.2) is 18.3 Å². The van der Waals surface area contributed by atoms with Crippen molar-refractivity contribution in [3.05, 3.63) is 24.0 Å². The van der Waals surface area contributed by atoms with Gasteiger partial charge in [-0.15, -0.1) is 0 Å². The summed E-state index contributed by atoms with van der Waals surface area (Å²) in [4.78, 5) is 17.5. The van der Waals surface area contributed by atoms with Crippen molar-refractivity contribution in [3.63, 3.8) is 0 Å². The standard InChI is InChI=1S/C14H23N3O2/c1-5-8-15-9-12-6-7-13(10-16-12)19-11(2)14(18)17(3)4/h6-7,10-11,15H,5,8-9H2,1-4H3. The average Bonchev–Trinajstić information content (AvgIpc) is 2.40. The van der Waals surface area contributed by atoms with E-state index in [1.54, 1.807) is 27.2 Å². The van der Waals surface area contributed by atoms with Gasteiger partial charge in [-0.25, -0.2) is 0 Å². The minimum absolute atomic E-state index is 0.0614. The van der Waals surface area contributed by atoms with Crippen molar-refractivity contribution in [2.24, 2.45) is 0 Å². The molecule has 0 fully saturated rings. The Kier molecular flexibility index (Phi) is 6.29.